The van der Waals surface area contributed by atoms with Crippen molar-refractivity contribution in [3.8, 4) is 0 Å². The highest BCUT2D eigenvalue weighted by atomic mass is 19.3. The van der Waals surface area contributed by atoms with E-state index in [1.165, 1.54) is 6.92 Å². The third kappa shape index (κ3) is 2.62. The molecule has 0 saturated carbocycles. The summed E-state index contributed by atoms with van der Waals surface area (Å²) in [5.74, 6) is -4.82. The Balaban J connectivity index is 2.38. The van der Waals surface area contributed by atoms with Crippen LogP contribution in [0.5, 0.6) is 0 Å². The van der Waals surface area contributed by atoms with E-state index in [0.29, 0.717) is 13.1 Å². The number of ether oxygens (including phenoxy) is 1. The van der Waals surface area contributed by atoms with E-state index in [0.717, 1.165) is 0 Å². The minimum atomic E-state index is -3.32. The summed E-state index contributed by atoms with van der Waals surface area (Å²) in [6.45, 7) is 2.64. The first kappa shape index (κ1) is 10.4. The summed E-state index contributed by atoms with van der Waals surface area (Å²) >= 11 is 0. The first-order chi connectivity index (χ1) is 6.06. The zero-order chi connectivity index (χ0) is 9.90. The largest absolute Gasteiger partial charge is 0.462 e. The standard InChI is InChI=1S/C8H13F2NO2/c1-2-13-7(12)8(9,10)3-6-4-11-5-6/h6,11H,2-5H2,1H3. The Kier molecular flexibility index (Phi) is 3.19. The SMILES string of the molecule is CCOC(=O)C(F)(F)CC1CNC1. The van der Waals surface area contributed by atoms with Gasteiger partial charge >= 0.3 is 11.9 Å². The first-order valence-electron chi connectivity index (χ1n) is 4.32. The van der Waals surface area contributed by atoms with Crippen LogP contribution in [0.15, 0.2) is 0 Å². The zero-order valence-electron chi connectivity index (χ0n) is 7.48. The summed E-state index contributed by atoms with van der Waals surface area (Å²) in [5.41, 5.74) is 0. The van der Waals surface area contributed by atoms with Gasteiger partial charge in [-0.2, -0.15) is 8.78 Å². The molecular formula is C8H13F2NO2. The highest BCUT2D eigenvalue weighted by Crippen LogP contribution is 2.26. The molecule has 1 heterocycles. The Labute approximate surface area is 75.4 Å². The number of hydrogen-bond acceptors (Lipinski definition) is 3. The van der Waals surface area contributed by atoms with Crippen LogP contribution in [-0.2, 0) is 9.53 Å². The van der Waals surface area contributed by atoms with Crippen molar-refractivity contribution in [2.24, 2.45) is 5.92 Å². The van der Waals surface area contributed by atoms with E-state index < -0.39 is 18.3 Å². The molecule has 1 N–H and O–H groups in total. The lowest BCUT2D eigenvalue weighted by Crippen LogP contribution is -2.46. The lowest BCUT2D eigenvalue weighted by Gasteiger charge is -2.29. The molecule has 0 bridgehead atoms. The molecule has 0 atom stereocenters. The van der Waals surface area contributed by atoms with Gasteiger partial charge in [0, 0.05) is 6.42 Å². The number of rotatable bonds is 4. The molecule has 76 valence electrons. The summed E-state index contributed by atoms with van der Waals surface area (Å²) in [7, 11) is 0. The van der Waals surface area contributed by atoms with Crippen molar-refractivity contribution in [2.75, 3.05) is 19.7 Å². The van der Waals surface area contributed by atoms with Crippen molar-refractivity contribution in [2.45, 2.75) is 19.3 Å². The Bertz CT molecular complexity index is 193. The molecule has 1 aliphatic rings. The van der Waals surface area contributed by atoms with Gasteiger partial charge < -0.3 is 10.1 Å². The van der Waals surface area contributed by atoms with Gasteiger partial charge in [-0.15, -0.1) is 0 Å². The van der Waals surface area contributed by atoms with E-state index in [1.807, 2.05) is 0 Å². The Morgan fingerprint density at radius 3 is 2.62 bits per heavy atom. The van der Waals surface area contributed by atoms with Crippen LogP contribution in [0.2, 0.25) is 0 Å². The van der Waals surface area contributed by atoms with Crippen molar-refractivity contribution in [1.29, 1.82) is 0 Å². The number of nitrogens with one attached hydrogen (secondary N) is 1. The molecule has 0 radical (unpaired) electrons. The van der Waals surface area contributed by atoms with Crippen LogP contribution in [-0.4, -0.2) is 31.6 Å². The Hall–Kier alpha value is -0.710. The molecule has 13 heavy (non-hydrogen) atoms. The number of esters is 1. The Morgan fingerprint density at radius 1 is 1.62 bits per heavy atom. The molecule has 0 aromatic carbocycles. The fourth-order valence-corrected chi connectivity index (χ4v) is 1.18. The molecule has 1 aliphatic heterocycles. The number of halogens is 2. The van der Waals surface area contributed by atoms with Gasteiger partial charge in [0.25, 0.3) is 0 Å². The molecule has 3 nitrogen and oxygen atoms in total. The van der Waals surface area contributed by atoms with Crippen molar-refractivity contribution in [1.82, 2.24) is 5.32 Å². The van der Waals surface area contributed by atoms with E-state index in [9.17, 15) is 13.6 Å². The highest BCUT2D eigenvalue weighted by molar-refractivity contribution is 5.77. The maximum absolute atomic E-state index is 13.0. The molecule has 1 saturated heterocycles. The fourth-order valence-electron chi connectivity index (χ4n) is 1.18. The van der Waals surface area contributed by atoms with Crippen molar-refractivity contribution >= 4 is 5.97 Å². The maximum Gasteiger partial charge on any atom is 0.376 e. The van der Waals surface area contributed by atoms with Gasteiger partial charge in [-0.3, -0.25) is 0 Å². The summed E-state index contributed by atoms with van der Waals surface area (Å²) in [5, 5.41) is 2.87. The second-order valence-corrected chi connectivity index (χ2v) is 3.15. The summed E-state index contributed by atoms with van der Waals surface area (Å²) < 4.78 is 30.2. The molecule has 0 amide bonds. The lowest BCUT2D eigenvalue weighted by atomic mass is 9.95. The summed E-state index contributed by atoms with van der Waals surface area (Å²) in [6, 6.07) is 0. The molecule has 0 spiro atoms. The predicted octanol–water partition coefficient (Wildman–Crippen LogP) is 0.794. The van der Waals surface area contributed by atoms with Gasteiger partial charge in [-0.05, 0) is 25.9 Å². The molecule has 1 rings (SSSR count). The van der Waals surface area contributed by atoms with E-state index in [4.69, 9.17) is 0 Å². The van der Waals surface area contributed by atoms with Crippen molar-refractivity contribution < 1.29 is 18.3 Å². The monoisotopic (exact) mass is 193 g/mol. The normalized spacial score (nSPS) is 18.1. The van der Waals surface area contributed by atoms with E-state index >= 15 is 0 Å². The van der Waals surface area contributed by atoms with Crippen molar-refractivity contribution in [3.63, 3.8) is 0 Å². The van der Waals surface area contributed by atoms with Crippen LogP contribution in [0.4, 0.5) is 8.78 Å². The molecule has 0 unspecified atom stereocenters. The second-order valence-electron chi connectivity index (χ2n) is 3.15. The average Bonchev–Trinajstić information content (AvgIpc) is 1.98. The van der Waals surface area contributed by atoms with Gasteiger partial charge in [0.15, 0.2) is 0 Å². The smallest absolute Gasteiger partial charge is 0.376 e. The van der Waals surface area contributed by atoms with Gasteiger partial charge in [0.2, 0.25) is 0 Å². The van der Waals surface area contributed by atoms with E-state index in [-0.39, 0.29) is 12.5 Å². The molecule has 1 fully saturated rings. The molecule has 0 aliphatic carbocycles. The van der Waals surface area contributed by atoms with Crippen molar-refractivity contribution in [3.05, 3.63) is 0 Å². The molecule has 0 aromatic rings. The third-order valence-corrected chi connectivity index (χ3v) is 1.99. The Morgan fingerprint density at radius 2 is 2.23 bits per heavy atom. The highest BCUT2D eigenvalue weighted by Gasteiger charge is 2.43. The molecule has 5 heteroatoms. The topological polar surface area (TPSA) is 38.3 Å². The van der Waals surface area contributed by atoms with Crippen LogP contribution in [0, 0.1) is 5.92 Å². The van der Waals surface area contributed by atoms with Crippen LogP contribution in [0.3, 0.4) is 0 Å². The molecule has 0 aromatic heterocycles. The van der Waals surface area contributed by atoms with Gasteiger partial charge in [-0.25, -0.2) is 4.79 Å². The maximum atomic E-state index is 13.0. The van der Waals surface area contributed by atoms with Gasteiger partial charge in [0.05, 0.1) is 6.61 Å². The van der Waals surface area contributed by atoms with E-state index in [2.05, 4.69) is 10.1 Å². The quantitative estimate of drug-likeness (QED) is 0.671. The summed E-state index contributed by atoms with van der Waals surface area (Å²) in [4.78, 5) is 10.7. The number of alkyl halides is 2. The minimum Gasteiger partial charge on any atom is -0.462 e. The minimum absolute atomic E-state index is 0.00264. The van der Waals surface area contributed by atoms with Gasteiger partial charge in [0.1, 0.15) is 0 Å². The van der Waals surface area contributed by atoms with Crippen LogP contribution in [0.1, 0.15) is 13.3 Å². The number of carbonyl (C=O) groups excluding carboxylic acids is 1. The van der Waals surface area contributed by atoms with Crippen LogP contribution in [0.25, 0.3) is 0 Å². The predicted molar refractivity (Wildman–Crippen MR) is 42.6 cm³/mol. The fraction of sp³-hybridized carbons (Fsp3) is 0.875. The van der Waals surface area contributed by atoms with Crippen LogP contribution < -0.4 is 5.32 Å². The third-order valence-electron chi connectivity index (χ3n) is 1.99. The lowest BCUT2D eigenvalue weighted by molar-refractivity contribution is -0.174. The van der Waals surface area contributed by atoms with Crippen LogP contribution >= 0.6 is 0 Å². The zero-order valence-corrected chi connectivity index (χ0v) is 7.48. The molecular weight excluding hydrogens is 180 g/mol. The van der Waals surface area contributed by atoms with Gasteiger partial charge in [-0.1, -0.05) is 0 Å². The number of hydrogen-bond donors (Lipinski definition) is 1. The average molecular weight is 193 g/mol. The number of carbonyl (C=O) groups is 1. The van der Waals surface area contributed by atoms with E-state index in [1.54, 1.807) is 0 Å². The first-order valence-corrected chi connectivity index (χ1v) is 4.32. The second kappa shape index (κ2) is 4.00. The summed E-state index contributed by atoms with van der Waals surface area (Å²) in [6.07, 6.45) is -0.404.